The molecule has 3 N–H and O–H groups in total. The summed E-state index contributed by atoms with van der Waals surface area (Å²) < 4.78 is 1.65. The fraction of sp³-hybridized carbons (Fsp3) is 0.286. The zero-order chi connectivity index (χ0) is 16.3. The van der Waals surface area contributed by atoms with Crippen LogP contribution in [0.4, 0.5) is 10.6 Å². The van der Waals surface area contributed by atoms with Crippen molar-refractivity contribution < 1.29 is 9.90 Å². The van der Waals surface area contributed by atoms with Gasteiger partial charge in [0.2, 0.25) is 0 Å². The van der Waals surface area contributed by atoms with Crippen LogP contribution in [0.2, 0.25) is 10.0 Å². The van der Waals surface area contributed by atoms with Crippen molar-refractivity contribution >= 4 is 35.1 Å². The molecule has 0 radical (unpaired) electrons. The van der Waals surface area contributed by atoms with E-state index in [0.29, 0.717) is 21.4 Å². The van der Waals surface area contributed by atoms with Crippen LogP contribution in [0.25, 0.3) is 0 Å². The van der Waals surface area contributed by atoms with Crippen molar-refractivity contribution in [3.8, 4) is 0 Å². The first kappa shape index (κ1) is 16.6. The number of aliphatic hydroxyl groups excluding tert-OH is 1. The number of rotatable bonds is 4. The zero-order valence-corrected chi connectivity index (χ0v) is 13.6. The number of aryl methyl sites for hydroxylation is 2. The van der Waals surface area contributed by atoms with E-state index in [2.05, 4.69) is 15.7 Å². The maximum atomic E-state index is 11.8. The van der Waals surface area contributed by atoms with Gasteiger partial charge in [0.25, 0.3) is 0 Å². The van der Waals surface area contributed by atoms with Crippen LogP contribution < -0.4 is 10.6 Å². The number of hydrogen-bond donors (Lipinski definition) is 3. The van der Waals surface area contributed by atoms with Crippen LogP contribution in [0.1, 0.15) is 17.4 Å². The second kappa shape index (κ2) is 7.00. The second-order valence-electron chi connectivity index (χ2n) is 4.85. The Morgan fingerprint density at radius 2 is 1.95 bits per heavy atom. The molecule has 1 unspecified atom stereocenters. The molecular formula is C14H16Cl2N4O2. The number of aromatic nitrogens is 2. The summed E-state index contributed by atoms with van der Waals surface area (Å²) in [4.78, 5) is 11.8. The third kappa shape index (κ3) is 4.37. The van der Waals surface area contributed by atoms with Crippen molar-refractivity contribution in [1.29, 1.82) is 0 Å². The summed E-state index contributed by atoms with van der Waals surface area (Å²) in [5, 5.41) is 20.2. The van der Waals surface area contributed by atoms with Crippen molar-refractivity contribution in [2.24, 2.45) is 7.05 Å². The second-order valence-corrected chi connectivity index (χ2v) is 5.72. The average molecular weight is 343 g/mol. The monoisotopic (exact) mass is 342 g/mol. The van der Waals surface area contributed by atoms with E-state index < -0.39 is 12.1 Å². The van der Waals surface area contributed by atoms with Crippen molar-refractivity contribution in [1.82, 2.24) is 15.1 Å². The van der Waals surface area contributed by atoms with Crippen molar-refractivity contribution in [3.63, 3.8) is 0 Å². The van der Waals surface area contributed by atoms with E-state index in [0.717, 1.165) is 5.69 Å². The lowest BCUT2D eigenvalue weighted by Crippen LogP contribution is -2.32. The minimum Gasteiger partial charge on any atom is -0.387 e. The first-order chi connectivity index (χ1) is 10.3. The molecule has 0 aliphatic carbocycles. The van der Waals surface area contributed by atoms with Gasteiger partial charge in [0.05, 0.1) is 6.10 Å². The summed E-state index contributed by atoms with van der Waals surface area (Å²) in [6, 6.07) is 6.06. The van der Waals surface area contributed by atoms with E-state index in [9.17, 15) is 9.90 Å². The number of halogens is 2. The smallest absolute Gasteiger partial charge is 0.320 e. The molecule has 22 heavy (non-hydrogen) atoms. The number of aliphatic hydroxyl groups is 1. The van der Waals surface area contributed by atoms with Crippen molar-refractivity contribution in [2.75, 3.05) is 11.9 Å². The molecule has 2 amide bonds. The number of urea groups is 1. The summed E-state index contributed by atoms with van der Waals surface area (Å²) in [6.45, 7) is 1.90. The molecule has 0 saturated carbocycles. The van der Waals surface area contributed by atoms with Gasteiger partial charge >= 0.3 is 6.03 Å². The third-order valence-corrected chi connectivity index (χ3v) is 3.52. The number of amides is 2. The molecule has 0 bridgehead atoms. The molecule has 2 aromatic rings. The highest BCUT2D eigenvalue weighted by Crippen LogP contribution is 2.23. The summed E-state index contributed by atoms with van der Waals surface area (Å²) in [5.74, 6) is 0.442. The average Bonchev–Trinajstić information content (AvgIpc) is 2.73. The van der Waals surface area contributed by atoms with Crippen LogP contribution in [0.3, 0.4) is 0 Å². The topological polar surface area (TPSA) is 79.2 Å². The number of carbonyl (C=O) groups excluding carboxylic acids is 1. The zero-order valence-electron chi connectivity index (χ0n) is 12.1. The molecule has 2 rings (SSSR count). The molecule has 6 nitrogen and oxygen atoms in total. The normalized spacial score (nSPS) is 12.0. The van der Waals surface area contributed by atoms with Crippen LogP contribution in [0.5, 0.6) is 0 Å². The number of hydrogen-bond acceptors (Lipinski definition) is 3. The Labute approximate surface area is 138 Å². The Morgan fingerprint density at radius 3 is 2.50 bits per heavy atom. The molecule has 1 aromatic carbocycles. The Balaban J connectivity index is 1.90. The van der Waals surface area contributed by atoms with Crippen LogP contribution in [-0.2, 0) is 7.05 Å². The van der Waals surface area contributed by atoms with E-state index in [-0.39, 0.29) is 6.54 Å². The molecule has 0 aliphatic heterocycles. The lowest BCUT2D eigenvalue weighted by Gasteiger charge is -2.13. The predicted octanol–water partition coefficient (Wildman–Crippen LogP) is 2.89. The Hall–Kier alpha value is -1.76. The minimum absolute atomic E-state index is 0.0221. The number of nitrogens with one attached hydrogen (secondary N) is 2. The van der Waals surface area contributed by atoms with E-state index in [4.69, 9.17) is 23.2 Å². The molecular weight excluding hydrogens is 327 g/mol. The summed E-state index contributed by atoms with van der Waals surface area (Å²) in [7, 11) is 1.78. The predicted molar refractivity (Wildman–Crippen MR) is 86.4 cm³/mol. The Bertz CT molecular complexity index is 648. The van der Waals surface area contributed by atoms with Crippen LogP contribution in [0, 0.1) is 6.92 Å². The highest BCUT2D eigenvalue weighted by atomic mass is 35.5. The molecule has 0 aliphatic rings. The van der Waals surface area contributed by atoms with Gasteiger partial charge in [0.15, 0.2) is 5.82 Å². The minimum atomic E-state index is -0.910. The van der Waals surface area contributed by atoms with E-state index in [1.807, 2.05) is 6.92 Å². The van der Waals surface area contributed by atoms with E-state index in [1.54, 1.807) is 36.0 Å². The first-order valence-electron chi connectivity index (χ1n) is 6.54. The van der Waals surface area contributed by atoms with Gasteiger partial charge in [0, 0.05) is 35.4 Å². The van der Waals surface area contributed by atoms with Gasteiger partial charge in [0.1, 0.15) is 0 Å². The molecule has 118 valence electrons. The molecule has 1 aromatic heterocycles. The highest BCUT2D eigenvalue weighted by molar-refractivity contribution is 6.34. The quantitative estimate of drug-likeness (QED) is 0.799. The van der Waals surface area contributed by atoms with Gasteiger partial charge in [-0.05, 0) is 30.7 Å². The number of carbonyl (C=O) groups is 1. The lowest BCUT2D eigenvalue weighted by atomic mass is 10.1. The number of anilines is 1. The molecule has 1 heterocycles. The van der Waals surface area contributed by atoms with Gasteiger partial charge in [-0.15, -0.1) is 0 Å². The summed E-state index contributed by atoms with van der Waals surface area (Å²) in [5.41, 5.74) is 1.45. The summed E-state index contributed by atoms with van der Waals surface area (Å²) in [6.07, 6.45) is -0.910. The third-order valence-electron chi connectivity index (χ3n) is 3.08. The van der Waals surface area contributed by atoms with Gasteiger partial charge in [-0.25, -0.2) is 4.79 Å². The fourth-order valence-corrected chi connectivity index (χ4v) is 2.40. The van der Waals surface area contributed by atoms with Crippen LogP contribution in [-0.4, -0.2) is 27.5 Å². The van der Waals surface area contributed by atoms with E-state index >= 15 is 0 Å². The maximum absolute atomic E-state index is 11.8. The van der Waals surface area contributed by atoms with Crippen molar-refractivity contribution in [2.45, 2.75) is 13.0 Å². The molecule has 0 spiro atoms. The fourth-order valence-electron chi connectivity index (χ4n) is 1.86. The van der Waals surface area contributed by atoms with E-state index in [1.165, 1.54) is 0 Å². The van der Waals surface area contributed by atoms with Gasteiger partial charge in [-0.1, -0.05) is 23.2 Å². The number of nitrogens with zero attached hydrogens (tertiary/aromatic N) is 2. The maximum Gasteiger partial charge on any atom is 0.320 e. The molecule has 0 fully saturated rings. The lowest BCUT2D eigenvalue weighted by molar-refractivity contribution is 0.175. The Kier molecular flexibility index (Phi) is 5.28. The first-order valence-corrected chi connectivity index (χ1v) is 7.30. The van der Waals surface area contributed by atoms with Gasteiger partial charge in [-0.2, -0.15) is 5.10 Å². The highest BCUT2D eigenvalue weighted by Gasteiger charge is 2.12. The van der Waals surface area contributed by atoms with Crippen LogP contribution >= 0.6 is 23.2 Å². The Morgan fingerprint density at radius 1 is 1.32 bits per heavy atom. The van der Waals surface area contributed by atoms with Gasteiger partial charge in [-0.3, -0.25) is 10.00 Å². The van der Waals surface area contributed by atoms with Crippen molar-refractivity contribution in [3.05, 3.63) is 45.6 Å². The standard InChI is InChI=1S/C14H16Cl2N4O2/c1-8-3-13(19-20(8)2)18-14(22)17-7-12(21)9-4-10(15)6-11(16)5-9/h3-6,12,21H,7H2,1-2H3,(H2,17,18,19,22). The largest absolute Gasteiger partial charge is 0.387 e. The molecule has 1 atom stereocenters. The van der Waals surface area contributed by atoms with Crippen LogP contribution in [0.15, 0.2) is 24.3 Å². The summed E-state index contributed by atoms with van der Waals surface area (Å²) >= 11 is 11.8. The van der Waals surface area contributed by atoms with Gasteiger partial charge < -0.3 is 10.4 Å². The molecule has 0 saturated heterocycles. The SMILES string of the molecule is Cc1cc(NC(=O)NCC(O)c2cc(Cl)cc(Cl)c2)nn1C. The number of benzene rings is 1. The molecule has 8 heteroatoms.